The molecule has 124 valence electrons. The number of rotatable bonds is 7. The molecular weight excluding hydrogens is 308 g/mol. The van der Waals surface area contributed by atoms with E-state index >= 15 is 0 Å². The first-order valence-corrected chi connectivity index (χ1v) is 6.88. The fourth-order valence-electron chi connectivity index (χ4n) is 2.04. The van der Waals surface area contributed by atoms with Gasteiger partial charge in [0.15, 0.2) is 5.82 Å². The number of hydrogen-bond donors (Lipinski definition) is 1. The van der Waals surface area contributed by atoms with Crippen LogP contribution in [-0.2, 0) is 11.3 Å². The lowest BCUT2D eigenvalue weighted by Gasteiger charge is -2.16. The molecule has 8 heteroatoms. The van der Waals surface area contributed by atoms with Gasteiger partial charge in [0, 0.05) is 12.6 Å². The molecule has 0 bridgehead atoms. The van der Waals surface area contributed by atoms with Gasteiger partial charge >= 0.3 is 6.61 Å². The predicted octanol–water partition coefficient (Wildman–Crippen LogP) is 2.65. The Hall–Kier alpha value is -2.48. The number of anilines is 1. The summed E-state index contributed by atoms with van der Waals surface area (Å²) in [7, 11) is 1.74. The van der Waals surface area contributed by atoms with E-state index in [0.29, 0.717) is 18.1 Å². The molecule has 2 rings (SSSR count). The summed E-state index contributed by atoms with van der Waals surface area (Å²) in [5.41, 5.74) is 0.760. The number of nitrogens with one attached hydrogen (secondary N) is 1. The number of alkyl halides is 2. The van der Waals surface area contributed by atoms with Crippen molar-refractivity contribution in [1.29, 1.82) is 0 Å². The Kier molecular flexibility index (Phi) is 5.64. The monoisotopic (exact) mass is 325 g/mol. The van der Waals surface area contributed by atoms with Crippen LogP contribution in [0.3, 0.4) is 0 Å². The van der Waals surface area contributed by atoms with Gasteiger partial charge in [-0.2, -0.15) is 8.78 Å². The molecule has 0 saturated heterocycles. The van der Waals surface area contributed by atoms with Gasteiger partial charge in [-0.3, -0.25) is 9.69 Å². The smallest absolute Gasteiger partial charge is 0.387 e. The molecule has 1 amide bonds. The zero-order valence-electron chi connectivity index (χ0n) is 12.8. The van der Waals surface area contributed by atoms with Gasteiger partial charge in [0.25, 0.3) is 0 Å². The first kappa shape index (κ1) is 16.9. The lowest BCUT2D eigenvalue weighted by Crippen LogP contribution is -2.29. The van der Waals surface area contributed by atoms with E-state index in [0.717, 1.165) is 5.56 Å². The predicted molar refractivity (Wildman–Crippen MR) is 79.3 cm³/mol. The Morgan fingerprint density at radius 2 is 2.22 bits per heavy atom. The van der Waals surface area contributed by atoms with E-state index < -0.39 is 6.61 Å². The summed E-state index contributed by atoms with van der Waals surface area (Å²) in [5, 5.41) is 6.28. The van der Waals surface area contributed by atoms with E-state index in [1.165, 1.54) is 12.1 Å². The van der Waals surface area contributed by atoms with Crippen molar-refractivity contribution in [3.05, 3.63) is 41.7 Å². The lowest BCUT2D eigenvalue weighted by molar-refractivity contribution is -0.117. The number of aryl methyl sites for hydroxylation is 1. The minimum atomic E-state index is -2.86. The fraction of sp³-hybridized carbons (Fsp3) is 0.333. The summed E-state index contributed by atoms with van der Waals surface area (Å²) in [6.45, 7) is -0.611. The Bertz CT molecular complexity index is 661. The highest BCUT2D eigenvalue weighted by atomic mass is 19.3. The van der Waals surface area contributed by atoms with Crippen LogP contribution in [0.2, 0.25) is 0 Å². The van der Waals surface area contributed by atoms with E-state index in [1.807, 2.05) is 0 Å². The van der Waals surface area contributed by atoms with Gasteiger partial charge in [-0.15, -0.1) is 0 Å². The third-order valence-corrected chi connectivity index (χ3v) is 2.89. The van der Waals surface area contributed by atoms with Crippen molar-refractivity contribution in [2.24, 2.45) is 0 Å². The number of benzene rings is 1. The number of amides is 1. The minimum Gasteiger partial charge on any atom is -0.435 e. The molecule has 0 saturated carbocycles. The molecule has 6 nitrogen and oxygen atoms in total. The molecule has 0 fully saturated rings. The molecular formula is C15H17F2N3O3. The number of nitrogens with zero attached hydrogens (tertiary/aromatic N) is 2. The fourth-order valence-corrected chi connectivity index (χ4v) is 2.04. The average molecular weight is 325 g/mol. The Morgan fingerprint density at radius 1 is 1.43 bits per heavy atom. The highest BCUT2D eigenvalue weighted by molar-refractivity contribution is 5.91. The average Bonchev–Trinajstić information content (AvgIpc) is 2.83. The number of carbonyl (C=O) groups is 1. The van der Waals surface area contributed by atoms with E-state index in [2.05, 4.69) is 15.2 Å². The van der Waals surface area contributed by atoms with Crippen molar-refractivity contribution in [3.8, 4) is 5.75 Å². The van der Waals surface area contributed by atoms with E-state index in [9.17, 15) is 13.6 Å². The van der Waals surface area contributed by atoms with Crippen LogP contribution in [0.15, 0.2) is 34.9 Å². The van der Waals surface area contributed by atoms with Crippen LogP contribution in [-0.4, -0.2) is 36.2 Å². The van der Waals surface area contributed by atoms with Crippen LogP contribution in [0.4, 0.5) is 14.6 Å². The second-order valence-corrected chi connectivity index (χ2v) is 5.07. The maximum atomic E-state index is 12.2. The first-order chi connectivity index (χ1) is 10.9. The largest absolute Gasteiger partial charge is 0.435 e. The molecule has 1 heterocycles. The van der Waals surface area contributed by atoms with Gasteiger partial charge in [0.2, 0.25) is 5.91 Å². The van der Waals surface area contributed by atoms with Gasteiger partial charge < -0.3 is 14.6 Å². The zero-order valence-corrected chi connectivity index (χ0v) is 12.8. The summed E-state index contributed by atoms with van der Waals surface area (Å²) < 4.78 is 33.6. The van der Waals surface area contributed by atoms with Gasteiger partial charge in [-0.1, -0.05) is 17.3 Å². The molecule has 1 aromatic heterocycles. The second-order valence-electron chi connectivity index (χ2n) is 5.07. The third-order valence-electron chi connectivity index (χ3n) is 2.89. The van der Waals surface area contributed by atoms with Crippen molar-refractivity contribution in [2.45, 2.75) is 20.1 Å². The summed E-state index contributed by atoms with van der Waals surface area (Å²) in [4.78, 5) is 13.6. The molecule has 23 heavy (non-hydrogen) atoms. The first-order valence-electron chi connectivity index (χ1n) is 6.88. The highest BCUT2D eigenvalue weighted by Crippen LogP contribution is 2.17. The van der Waals surface area contributed by atoms with Crippen molar-refractivity contribution in [3.63, 3.8) is 0 Å². The van der Waals surface area contributed by atoms with Crippen molar-refractivity contribution >= 4 is 11.7 Å². The minimum absolute atomic E-state index is 0.0911. The van der Waals surface area contributed by atoms with E-state index in [-0.39, 0.29) is 18.2 Å². The van der Waals surface area contributed by atoms with Crippen LogP contribution in [0, 0.1) is 6.92 Å². The molecule has 1 N–H and O–H groups in total. The van der Waals surface area contributed by atoms with Crippen LogP contribution in [0.1, 0.15) is 11.3 Å². The number of ether oxygens (including phenoxy) is 1. The summed E-state index contributed by atoms with van der Waals surface area (Å²) in [6, 6.07) is 7.98. The van der Waals surface area contributed by atoms with Gasteiger partial charge in [-0.05, 0) is 31.7 Å². The number of halogens is 2. The lowest BCUT2D eigenvalue weighted by atomic mass is 10.2. The third kappa shape index (κ3) is 5.67. The Morgan fingerprint density at radius 3 is 2.87 bits per heavy atom. The number of carbonyl (C=O) groups excluding carboxylic acids is 1. The van der Waals surface area contributed by atoms with E-state index in [4.69, 9.17) is 4.52 Å². The molecule has 2 aromatic rings. The van der Waals surface area contributed by atoms with Crippen molar-refractivity contribution in [1.82, 2.24) is 10.1 Å². The molecule has 0 aliphatic rings. The van der Waals surface area contributed by atoms with Gasteiger partial charge in [0.1, 0.15) is 11.5 Å². The molecule has 0 radical (unpaired) electrons. The summed E-state index contributed by atoms with van der Waals surface area (Å²) in [5.74, 6) is 0.798. The molecule has 0 unspecified atom stereocenters. The maximum absolute atomic E-state index is 12.2. The molecule has 0 aliphatic carbocycles. The Labute approximate surface area is 132 Å². The standard InChI is InChI=1S/C15H17F2N3O3/c1-10-6-13(19-23-10)18-14(21)9-20(2)8-11-4-3-5-12(7-11)22-15(16)17/h3-7,15H,8-9H2,1-2H3,(H,18,19,21). The number of likely N-dealkylation sites (N-methyl/N-ethyl adjacent to an activating group) is 1. The number of hydrogen-bond acceptors (Lipinski definition) is 5. The van der Waals surface area contributed by atoms with Crippen LogP contribution < -0.4 is 10.1 Å². The number of aromatic nitrogens is 1. The van der Waals surface area contributed by atoms with Crippen LogP contribution >= 0.6 is 0 Å². The highest BCUT2D eigenvalue weighted by Gasteiger charge is 2.11. The normalized spacial score (nSPS) is 11.0. The summed E-state index contributed by atoms with van der Waals surface area (Å²) in [6.07, 6.45) is 0. The van der Waals surface area contributed by atoms with Crippen molar-refractivity contribution in [2.75, 3.05) is 18.9 Å². The maximum Gasteiger partial charge on any atom is 0.387 e. The molecule has 0 atom stereocenters. The van der Waals surface area contributed by atoms with Crippen LogP contribution in [0.25, 0.3) is 0 Å². The van der Waals surface area contributed by atoms with Gasteiger partial charge in [0.05, 0.1) is 6.54 Å². The molecule has 0 spiro atoms. The zero-order chi connectivity index (χ0) is 16.8. The van der Waals surface area contributed by atoms with Gasteiger partial charge in [-0.25, -0.2) is 0 Å². The summed E-state index contributed by atoms with van der Waals surface area (Å²) >= 11 is 0. The molecule has 1 aromatic carbocycles. The SMILES string of the molecule is Cc1cc(NC(=O)CN(C)Cc2cccc(OC(F)F)c2)no1. The second kappa shape index (κ2) is 7.68. The topological polar surface area (TPSA) is 67.6 Å². The van der Waals surface area contributed by atoms with Crippen LogP contribution in [0.5, 0.6) is 5.75 Å². The van der Waals surface area contributed by atoms with E-state index in [1.54, 1.807) is 37.1 Å². The quantitative estimate of drug-likeness (QED) is 0.848. The molecule has 0 aliphatic heterocycles. The Balaban J connectivity index is 1.86. The van der Waals surface area contributed by atoms with Crippen molar-refractivity contribution < 1.29 is 22.8 Å².